The molecule has 0 unspecified atom stereocenters. The highest BCUT2D eigenvalue weighted by molar-refractivity contribution is 7.92. The molecule has 1 rings (SSSR count). The first-order valence-electron chi connectivity index (χ1n) is 3.52. The van der Waals surface area contributed by atoms with E-state index in [1.165, 1.54) is 0 Å². The van der Waals surface area contributed by atoms with Crippen molar-refractivity contribution in [2.45, 2.75) is 0 Å². The van der Waals surface area contributed by atoms with Gasteiger partial charge in [0.25, 0.3) is 0 Å². The standard InChI is InChI=1S/C7H10BNO2S.2H2O/c1-12(10,11)9-7-4-2-6(8)3-5-7;;/h2-5,9H,8H2,1H3;2*1H2. The molecule has 0 bridgehead atoms. The van der Waals surface area contributed by atoms with Crippen molar-refractivity contribution in [2.24, 2.45) is 0 Å². The third-order valence-corrected chi connectivity index (χ3v) is 1.96. The second-order valence-electron chi connectivity index (χ2n) is 2.74. The zero-order chi connectivity index (χ0) is 9.19. The highest BCUT2D eigenvalue weighted by Crippen LogP contribution is 2.04. The third kappa shape index (κ3) is 5.57. The molecule has 0 fully saturated rings. The Morgan fingerprint density at radius 1 is 1.14 bits per heavy atom. The first-order valence-corrected chi connectivity index (χ1v) is 5.41. The minimum atomic E-state index is -3.14. The van der Waals surface area contributed by atoms with Gasteiger partial charge in [-0.2, -0.15) is 0 Å². The lowest BCUT2D eigenvalue weighted by atomic mass is 9.96. The number of rotatable bonds is 2. The van der Waals surface area contributed by atoms with Crippen molar-refractivity contribution in [3.63, 3.8) is 0 Å². The van der Waals surface area contributed by atoms with Crippen molar-refractivity contribution < 1.29 is 19.4 Å². The molecule has 0 aromatic heterocycles. The van der Waals surface area contributed by atoms with Crippen LogP contribution in [0, 0.1) is 0 Å². The van der Waals surface area contributed by atoms with Crippen LogP contribution in [-0.4, -0.2) is 33.5 Å². The Morgan fingerprint density at radius 3 is 1.93 bits per heavy atom. The second-order valence-corrected chi connectivity index (χ2v) is 4.49. The van der Waals surface area contributed by atoms with Crippen LogP contribution in [0.25, 0.3) is 0 Å². The fourth-order valence-electron chi connectivity index (χ4n) is 0.836. The van der Waals surface area contributed by atoms with Crippen LogP contribution < -0.4 is 10.2 Å². The Kier molecular flexibility index (Phi) is 6.21. The zero-order valence-corrected chi connectivity index (χ0v) is 8.85. The molecule has 0 saturated heterocycles. The fourth-order valence-corrected chi connectivity index (χ4v) is 1.40. The van der Waals surface area contributed by atoms with E-state index in [9.17, 15) is 8.42 Å². The quantitative estimate of drug-likeness (QED) is 0.562. The maximum atomic E-state index is 10.8. The molecular weight excluding hydrogens is 205 g/mol. The average Bonchev–Trinajstić information content (AvgIpc) is 1.91. The highest BCUT2D eigenvalue weighted by atomic mass is 32.2. The first-order chi connectivity index (χ1) is 5.47. The van der Waals surface area contributed by atoms with Crippen molar-refractivity contribution in [3.05, 3.63) is 24.3 Å². The van der Waals surface area contributed by atoms with Gasteiger partial charge in [-0.3, -0.25) is 4.72 Å². The molecule has 0 aliphatic heterocycles. The van der Waals surface area contributed by atoms with E-state index in [-0.39, 0.29) is 11.0 Å². The van der Waals surface area contributed by atoms with Gasteiger partial charge in [0.2, 0.25) is 10.0 Å². The van der Waals surface area contributed by atoms with Crippen molar-refractivity contribution in [1.29, 1.82) is 0 Å². The van der Waals surface area contributed by atoms with Gasteiger partial charge >= 0.3 is 0 Å². The average molecular weight is 219 g/mol. The molecule has 0 spiro atoms. The van der Waals surface area contributed by atoms with Crippen molar-refractivity contribution >= 4 is 29.0 Å². The largest absolute Gasteiger partial charge is 0.412 e. The number of sulfonamides is 1. The summed E-state index contributed by atoms with van der Waals surface area (Å²) in [6.07, 6.45) is 1.13. The van der Waals surface area contributed by atoms with Gasteiger partial charge in [0.15, 0.2) is 0 Å². The van der Waals surface area contributed by atoms with Crippen LogP contribution in [0.5, 0.6) is 0 Å². The maximum absolute atomic E-state index is 10.8. The first kappa shape index (κ1) is 15.4. The van der Waals surface area contributed by atoms with Crippen LogP contribution in [0.2, 0.25) is 0 Å². The van der Waals surface area contributed by atoms with Crippen LogP contribution in [0.15, 0.2) is 24.3 Å². The molecule has 1 aromatic carbocycles. The molecule has 0 saturated carbocycles. The number of hydrogen-bond acceptors (Lipinski definition) is 2. The fraction of sp³-hybridized carbons (Fsp3) is 0.143. The van der Waals surface area contributed by atoms with Crippen molar-refractivity contribution in [3.8, 4) is 0 Å². The predicted molar refractivity (Wildman–Crippen MR) is 60.3 cm³/mol. The van der Waals surface area contributed by atoms with Gasteiger partial charge in [0.1, 0.15) is 7.85 Å². The minimum absolute atomic E-state index is 0. The summed E-state index contributed by atoms with van der Waals surface area (Å²) in [6, 6.07) is 7.17. The molecule has 5 N–H and O–H groups in total. The molecule has 5 nitrogen and oxygen atoms in total. The zero-order valence-electron chi connectivity index (χ0n) is 8.03. The topological polar surface area (TPSA) is 109 Å². The second kappa shape index (κ2) is 5.64. The molecule has 0 aliphatic rings. The molecule has 1 aromatic rings. The van der Waals surface area contributed by atoms with Crippen LogP contribution in [0.1, 0.15) is 0 Å². The van der Waals surface area contributed by atoms with E-state index in [1.54, 1.807) is 12.1 Å². The smallest absolute Gasteiger partial charge is 0.229 e. The monoisotopic (exact) mass is 219 g/mol. The van der Waals surface area contributed by atoms with Crippen molar-refractivity contribution in [2.75, 3.05) is 11.0 Å². The van der Waals surface area contributed by atoms with Crippen LogP contribution in [-0.2, 0) is 10.0 Å². The summed E-state index contributed by atoms with van der Waals surface area (Å²) in [4.78, 5) is 0. The summed E-state index contributed by atoms with van der Waals surface area (Å²) >= 11 is 0. The van der Waals surface area contributed by atoms with E-state index in [0.717, 1.165) is 11.7 Å². The lowest BCUT2D eigenvalue weighted by Gasteiger charge is -2.02. The summed E-state index contributed by atoms with van der Waals surface area (Å²) in [7, 11) is -1.19. The van der Waals surface area contributed by atoms with Gasteiger partial charge in [0, 0.05) is 5.69 Å². The van der Waals surface area contributed by atoms with Gasteiger partial charge in [-0.25, -0.2) is 8.42 Å². The van der Waals surface area contributed by atoms with Gasteiger partial charge in [-0.15, -0.1) is 0 Å². The number of anilines is 1. The summed E-state index contributed by atoms with van der Waals surface area (Å²) in [5.41, 5.74) is 1.71. The lowest BCUT2D eigenvalue weighted by Crippen LogP contribution is -2.10. The summed E-state index contributed by atoms with van der Waals surface area (Å²) < 4.78 is 23.9. The number of hydrogen-bond donors (Lipinski definition) is 1. The van der Waals surface area contributed by atoms with Crippen molar-refractivity contribution in [1.82, 2.24) is 0 Å². The van der Waals surface area contributed by atoms with Crippen LogP contribution >= 0.6 is 0 Å². The van der Waals surface area contributed by atoms with E-state index in [4.69, 9.17) is 0 Å². The Morgan fingerprint density at radius 2 is 1.57 bits per heavy atom. The molecule has 0 aliphatic carbocycles. The molecule has 0 radical (unpaired) electrons. The molecule has 7 heteroatoms. The molecule has 80 valence electrons. The van der Waals surface area contributed by atoms with Crippen LogP contribution in [0.4, 0.5) is 5.69 Å². The Labute approximate surface area is 84.2 Å². The summed E-state index contributed by atoms with van der Waals surface area (Å²) in [5, 5.41) is 0. The molecular formula is C7H14BNO4S. The normalized spacial score (nSPS) is 9.50. The van der Waals surface area contributed by atoms with E-state index in [2.05, 4.69) is 4.72 Å². The molecule has 0 amide bonds. The van der Waals surface area contributed by atoms with E-state index < -0.39 is 10.0 Å². The third-order valence-electron chi connectivity index (χ3n) is 1.35. The SMILES string of the molecule is Bc1ccc(NS(C)(=O)=O)cc1.O.O. The van der Waals surface area contributed by atoms with E-state index in [0.29, 0.717) is 5.69 Å². The maximum Gasteiger partial charge on any atom is 0.229 e. The molecule has 0 heterocycles. The summed E-state index contributed by atoms with van der Waals surface area (Å²) in [6.45, 7) is 0. The number of nitrogens with one attached hydrogen (secondary N) is 1. The Bertz CT molecular complexity index is 362. The van der Waals surface area contributed by atoms with E-state index >= 15 is 0 Å². The van der Waals surface area contributed by atoms with E-state index in [1.807, 2.05) is 20.0 Å². The van der Waals surface area contributed by atoms with Gasteiger partial charge in [0.05, 0.1) is 6.26 Å². The summed E-state index contributed by atoms with van der Waals surface area (Å²) in [5.74, 6) is 0. The molecule has 14 heavy (non-hydrogen) atoms. The highest BCUT2D eigenvalue weighted by Gasteiger charge is 1.99. The van der Waals surface area contributed by atoms with Gasteiger partial charge in [-0.1, -0.05) is 17.6 Å². The van der Waals surface area contributed by atoms with Gasteiger partial charge < -0.3 is 11.0 Å². The Balaban J connectivity index is 0. The minimum Gasteiger partial charge on any atom is -0.412 e. The van der Waals surface area contributed by atoms with Crippen LogP contribution in [0.3, 0.4) is 0 Å². The predicted octanol–water partition coefficient (Wildman–Crippen LogP) is -2.33. The Hall–Kier alpha value is -1.05. The lowest BCUT2D eigenvalue weighted by molar-refractivity contribution is 0.607. The van der Waals surface area contributed by atoms with Gasteiger partial charge in [-0.05, 0) is 12.1 Å². The number of benzene rings is 1. The molecule has 0 atom stereocenters.